The third kappa shape index (κ3) is 6.99. The van der Waals surface area contributed by atoms with Gasteiger partial charge in [0.2, 0.25) is 0 Å². The summed E-state index contributed by atoms with van der Waals surface area (Å²) >= 11 is 0. The lowest BCUT2D eigenvalue weighted by Crippen LogP contribution is -1.98. The van der Waals surface area contributed by atoms with Gasteiger partial charge in [0, 0.05) is 6.21 Å². The molecule has 0 aliphatic rings. The zero-order chi connectivity index (χ0) is 6.95. The maximum absolute atomic E-state index is 5.16. The Morgan fingerprint density at radius 1 is 1.78 bits per heavy atom. The van der Waals surface area contributed by atoms with E-state index in [9.17, 15) is 0 Å². The fourth-order valence-corrected chi connectivity index (χ4v) is 0.254. The van der Waals surface area contributed by atoms with Crippen LogP contribution >= 0.6 is 0 Å². The van der Waals surface area contributed by atoms with Crippen molar-refractivity contribution in [2.24, 2.45) is 10.9 Å². The third-order valence-electron chi connectivity index (χ3n) is 0.593. The number of hydrogen-bond acceptors (Lipinski definition) is 3. The van der Waals surface area contributed by atoms with Crippen molar-refractivity contribution in [3.05, 3.63) is 0 Å². The van der Waals surface area contributed by atoms with Crippen molar-refractivity contribution in [2.75, 3.05) is 13.2 Å². The minimum Gasteiger partial charge on any atom is -0.383 e. The van der Waals surface area contributed by atoms with Crippen molar-refractivity contribution in [2.45, 2.75) is 6.42 Å². The highest BCUT2D eigenvalue weighted by molar-refractivity contribution is 5.56. The smallest absolute Gasteiger partial charge is 0.177 e. The summed E-state index contributed by atoms with van der Waals surface area (Å²) in [5.74, 6) is 2.28. The monoisotopic (exact) mass is 126 g/mol. The number of nitrogens with two attached hydrogens (primary N) is 1. The van der Waals surface area contributed by atoms with Gasteiger partial charge in [0.05, 0.1) is 0 Å². The second-order valence-corrected chi connectivity index (χ2v) is 1.34. The van der Waals surface area contributed by atoms with Crippen molar-refractivity contribution in [3.8, 4) is 12.3 Å². The maximum atomic E-state index is 5.16. The third-order valence-corrected chi connectivity index (χ3v) is 0.593. The summed E-state index contributed by atoms with van der Waals surface area (Å²) in [6, 6.07) is 0. The van der Waals surface area contributed by atoms with Gasteiger partial charge in [0.1, 0.15) is 0 Å². The van der Waals surface area contributed by atoms with E-state index < -0.39 is 0 Å². The van der Waals surface area contributed by atoms with Crippen LogP contribution in [0.1, 0.15) is 6.42 Å². The molecule has 0 aromatic heterocycles. The molecule has 0 amide bonds. The molecule has 0 fully saturated rings. The quantitative estimate of drug-likeness (QED) is 0.249. The van der Waals surface area contributed by atoms with Crippen LogP contribution in [-0.2, 0) is 4.84 Å². The zero-order valence-electron chi connectivity index (χ0n) is 5.21. The van der Waals surface area contributed by atoms with Crippen LogP contribution in [-0.4, -0.2) is 19.4 Å². The van der Waals surface area contributed by atoms with E-state index in [2.05, 4.69) is 15.9 Å². The fraction of sp³-hybridized carbons (Fsp3) is 0.500. The van der Waals surface area contributed by atoms with Crippen LogP contribution < -0.4 is 5.73 Å². The molecule has 0 aliphatic carbocycles. The Morgan fingerprint density at radius 3 is 3.11 bits per heavy atom. The van der Waals surface area contributed by atoms with Crippen molar-refractivity contribution in [1.29, 1.82) is 0 Å². The van der Waals surface area contributed by atoms with E-state index in [0.29, 0.717) is 6.54 Å². The van der Waals surface area contributed by atoms with E-state index in [1.807, 2.05) is 0 Å². The first kappa shape index (κ1) is 7.99. The maximum Gasteiger partial charge on any atom is 0.177 e. The van der Waals surface area contributed by atoms with Crippen molar-refractivity contribution in [3.63, 3.8) is 0 Å². The van der Waals surface area contributed by atoms with Crippen LogP contribution in [0.2, 0.25) is 0 Å². The zero-order valence-corrected chi connectivity index (χ0v) is 5.21. The van der Waals surface area contributed by atoms with Crippen LogP contribution in [0.15, 0.2) is 5.16 Å². The van der Waals surface area contributed by atoms with E-state index in [1.54, 1.807) is 6.21 Å². The van der Waals surface area contributed by atoms with E-state index >= 15 is 0 Å². The first-order valence-electron chi connectivity index (χ1n) is 2.69. The summed E-state index contributed by atoms with van der Waals surface area (Å²) in [6.07, 6.45) is 7.19. The lowest BCUT2D eigenvalue weighted by molar-refractivity contribution is 0.181. The molecular formula is C6H10N2O. The van der Waals surface area contributed by atoms with E-state index in [-0.39, 0.29) is 6.61 Å². The highest BCUT2D eigenvalue weighted by atomic mass is 16.6. The molecule has 0 saturated carbocycles. The van der Waals surface area contributed by atoms with Crippen LogP contribution in [0.5, 0.6) is 0 Å². The Bertz CT molecular complexity index is 115. The number of oxime groups is 1. The standard InChI is InChI=1S/C6H10N2O/c1-2-6-9-8-5-3-4-7/h1,5H,3-4,6-7H2/b8-5+. The van der Waals surface area contributed by atoms with E-state index in [4.69, 9.17) is 12.2 Å². The molecular weight excluding hydrogens is 116 g/mol. The topological polar surface area (TPSA) is 47.6 Å². The van der Waals surface area contributed by atoms with Crippen molar-refractivity contribution >= 4 is 6.21 Å². The number of hydrogen-bond donors (Lipinski definition) is 1. The van der Waals surface area contributed by atoms with Gasteiger partial charge in [-0.2, -0.15) is 0 Å². The number of terminal acetylenes is 1. The summed E-state index contributed by atoms with van der Waals surface area (Å²) in [7, 11) is 0. The molecule has 0 heterocycles. The van der Waals surface area contributed by atoms with Gasteiger partial charge in [-0.25, -0.2) is 0 Å². The predicted molar refractivity (Wildman–Crippen MR) is 36.9 cm³/mol. The molecule has 3 heteroatoms. The predicted octanol–water partition coefficient (Wildman–Crippen LogP) is -0.0292. The molecule has 0 saturated heterocycles. The molecule has 2 N–H and O–H groups in total. The van der Waals surface area contributed by atoms with Crippen LogP contribution in [0.4, 0.5) is 0 Å². The Balaban J connectivity index is 2.97. The Labute approximate surface area is 54.9 Å². The molecule has 0 aliphatic heterocycles. The summed E-state index contributed by atoms with van der Waals surface area (Å²) in [4.78, 5) is 4.56. The highest BCUT2D eigenvalue weighted by Gasteiger charge is 1.73. The first-order chi connectivity index (χ1) is 4.41. The second-order valence-electron chi connectivity index (χ2n) is 1.34. The molecule has 0 rings (SSSR count). The molecule has 50 valence electrons. The van der Waals surface area contributed by atoms with Gasteiger partial charge < -0.3 is 10.6 Å². The van der Waals surface area contributed by atoms with E-state index in [0.717, 1.165) is 6.42 Å². The average molecular weight is 126 g/mol. The summed E-state index contributed by atoms with van der Waals surface area (Å²) in [5, 5.41) is 3.50. The lowest BCUT2D eigenvalue weighted by Gasteiger charge is -1.87. The normalized spacial score (nSPS) is 9.33. The second kappa shape index (κ2) is 6.99. The van der Waals surface area contributed by atoms with Crippen LogP contribution in [0, 0.1) is 12.3 Å². The molecule has 0 bridgehead atoms. The molecule has 9 heavy (non-hydrogen) atoms. The summed E-state index contributed by atoms with van der Waals surface area (Å²) < 4.78 is 0. The Hall–Kier alpha value is -1.01. The molecule has 0 radical (unpaired) electrons. The minimum absolute atomic E-state index is 0.223. The minimum atomic E-state index is 0.223. The lowest BCUT2D eigenvalue weighted by atomic mass is 10.5. The van der Waals surface area contributed by atoms with Gasteiger partial charge in [0.25, 0.3) is 0 Å². The largest absolute Gasteiger partial charge is 0.383 e. The van der Waals surface area contributed by atoms with Gasteiger partial charge in [-0.15, -0.1) is 6.42 Å². The Morgan fingerprint density at radius 2 is 2.56 bits per heavy atom. The molecule has 0 atom stereocenters. The van der Waals surface area contributed by atoms with Gasteiger partial charge in [-0.3, -0.25) is 0 Å². The van der Waals surface area contributed by atoms with Crippen molar-refractivity contribution in [1.82, 2.24) is 0 Å². The van der Waals surface area contributed by atoms with Crippen LogP contribution in [0.3, 0.4) is 0 Å². The number of rotatable bonds is 4. The van der Waals surface area contributed by atoms with Gasteiger partial charge >= 0.3 is 0 Å². The molecule has 0 aromatic rings. The molecule has 0 spiro atoms. The van der Waals surface area contributed by atoms with Gasteiger partial charge in [-0.1, -0.05) is 11.1 Å². The molecule has 3 nitrogen and oxygen atoms in total. The van der Waals surface area contributed by atoms with Gasteiger partial charge in [-0.05, 0) is 13.0 Å². The van der Waals surface area contributed by atoms with Gasteiger partial charge in [0.15, 0.2) is 6.61 Å². The highest BCUT2D eigenvalue weighted by Crippen LogP contribution is 1.73. The fourth-order valence-electron chi connectivity index (χ4n) is 0.254. The molecule has 0 unspecified atom stereocenters. The molecule has 0 aromatic carbocycles. The average Bonchev–Trinajstić information content (AvgIpc) is 1.89. The van der Waals surface area contributed by atoms with Crippen LogP contribution in [0.25, 0.3) is 0 Å². The van der Waals surface area contributed by atoms with E-state index in [1.165, 1.54) is 0 Å². The first-order valence-corrected chi connectivity index (χ1v) is 2.69. The number of nitrogens with zero attached hydrogens (tertiary/aromatic N) is 1. The summed E-state index contributed by atoms with van der Waals surface area (Å²) in [6.45, 7) is 0.810. The Kier molecular flexibility index (Phi) is 6.21. The van der Waals surface area contributed by atoms with Crippen molar-refractivity contribution < 1.29 is 4.84 Å². The SMILES string of the molecule is C#CCO/N=C/CCN. The summed E-state index contributed by atoms with van der Waals surface area (Å²) in [5.41, 5.74) is 5.16.